The molecule has 0 aromatic heterocycles. The Bertz CT molecular complexity index is 567. The van der Waals surface area contributed by atoms with Gasteiger partial charge in [-0.05, 0) is 34.9 Å². The molecule has 0 aliphatic carbocycles. The summed E-state index contributed by atoms with van der Waals surface area (Å²) in [6.45, 7) is 11.3. The Labute approximate surface area is 170 Å². The van der Waals surface area contributed by atoms with Crippen LogP contribution < -0.4 is 5.32 Å². The van der Waals surface area contributed by atoms with Crippen molar-refractivity contribution >= 4 is 39.8 Å². The van der Waals surface area contributed by atoms with E-state index in [1.165, 1.54) is 0 Å². The molecule has 2 aliphatic heterocycles. The number of hydrogen-bond donors (Lipinski definition) is 1. The molecule has 1 unspecified atom stereocenters. The van der Waals surface area contributed by atoms with Crippen molar-refractivity contribution in [2.75, 3.05) is 65.7 Å². The molecule has 2 aliphatic rings. The normalized spacial score (nSPS) is 27.6. The summed E-state index contributed by atoms with van der Waals surface area (Å²) in [5, 5.41) is 3.33. The second kappa shape index (κ2) is 9.18. The van der Waals surface area contributed by atoms with Gasteiger partial charge >= 0.3 is 0 Å². The Morgan fingerprint density at radius 3 is 2.52 bits per heavy atom. The zero-order chi connectivity index (χ0) is 18.0. The van der Waals surface area contributed by atoms with E-state index in [0.29, 0.717) is 19.1 Å². The Hall–Kier alpha value is -0.130. The summed E-state index contributed by atoms with van der Waals surface area (Å²) < 4.78 is 23.7. The van der Waals surface area contributed by atoms with Gasteiger partial charge in [-0.1, -0.05) is 0 Å². The lowest BCUT2D eigenvalue weighted by Gasteiger charge is -2.40. The van der Waals surface area contributed by atoms with Gasteiger partial charge in [0.2, 0.25) is 0 Å². The molecule has 0 saturated carbocycles. The SMILES string of the molecule is CCNC(=NCC1CN(C)CCN1C)N1CCS(=O)(=O)C(C)(C)C1.I. The van der Waals surface area contributed by atoms with Gasteiger partial charge in [0.05, 0.1) is 17.0 Å². The summed E-state index contributed by atoms with van der Waals surface area (Å²) in [6.07, 6.45) is 0. The molecule has 2 heterocycles. The van der Waals surface area contributed by atoms with E-state index < -0.39 is 14.6 Å². The van der Waals surface area contributed by atoms with Crippen molar-refractivity contribution in [3.05, 3.63) is 0 Å². The summed E-state index contributed by atoms with van der Waals surface area (Å²) in [4.78, 5) is 11.6. The van der Waals surface area contributed by atoms with E-state index in [-0.39, 0.29) is 29.7 Å². The van der Waals surface area contributed by atoms with Gasteiger partial charge in [-0.2, -0.15) is 0 Å². The Morgan fingerprint density at radius 2 is 1.92 bits per heavy atom. The van der Waals surface area contributed by atoms with Crippen LogP contribution in [0.5, 0.6) is 0 Å². The maximum atomic E-state index is 12.2. The Balaban J connectivity index is 0.00000312. The van der Waals surface area contributed by atoms with Crippen LogP contribution in [0, 0.1) is 0 Å². The van der Waals surface area contributed by atoms with Crippen LogP contribution in [-0.2, 0) is 9.84 Å². The predicted molar refractivity (Wildman–Crippen MR) is 115 cm³/mol. The molecule has 0 spiro atoms. The highest BCUT2D eigenvalue weighted by molar-refractivity contribution is 14.0. The zero-order valence-electron chi connectivity index (χ0n) is 16.2. The standard InChI is InChI=1S/C16H33N5O2S.HI/c1-6-17-15(18-11-14-12-19(4)7-8-20(14)5)21-9-10-24(22,23)16(2,3)13-21;/h14H,6-13H2,1-5H3,(H,17,18);1H. The lowest BCUT2D eigenvalue weighted by atomic mass is 10.2. The molecule has 0 radical (unpaired) electrons. The van der Waals surface area contributed by atoms with Gasteiger partial charge in [0, 0.05) is 45.3 Å². The monoisotopic (exact) mass is 487 g/mol. The number of piperazine rings is 1. The molecule has 25 heavy (non-hydrogen) atoms. The molecular weight excluding hydrogens is 453 g/mol. The number of halogens is 1. The smallest absolute Gasteiger partial charge is 0.194 e. The minimum atomic E-state index is -3.03. The minimum absolute atomic E-state index is 0. The molecule has 2 fully saturated rings. The van der Waals surface area contributed by atoms with Crippen molar-refractivity contribution in [2.45, 2.75) is 31.6 Å². The van der Waals surface area contributed by atoms with Gasteiger partial charge in [-0.3, -0.25) is 9.89 Å². The number of hydrogen-bond acceptors (Lipinski definition) is 5. The molecule has 9 heteroatoms. The molecule has 1 atom stereocenters. The van der Waals surface area contributed by atoms with Gasteiger partial charge in [-0.25, -0.2) is 8.42 Å². The molecule has 148 valence electrons. The fraction of sp³-hybridized carbons (Fsp3) is 0.938. The molecular formula is C16H34IN5O2S. The number of nitrogens with one attached hydrogen (secondary N) is 1. The molecule has 0 aromatic rings. The van der Waals surface area contributed by atoms with E-state index in [0.717, 1.165) is 38.7 Å². The van der Waals surface area contributed by atoms with E-state index in [2.05, 4.69) is 34.1 Å². The van der Waals surface area contributed by atoms with Crippen LogP contribution in [-0.4, -0.2) is 106 Å². The third-order valence-electron chi connectivity index (χ3n) is 5.11. The third-order valence-corrected chi connectivity index (χ3v) is 7.64. The number of guanidine groups is 1. The fourth-order valence-corrected chi connectivity index (χ4v) is 4.61. The van der Waals surface area contributed by atoms with Gasteiger partial charge in [0.1, 0.15) is 0 Å². The first kappa shape index (κ1) is 22.9. The van der Waals surface area contributed by atoms with Crippen molar-refractivity contribution < 1.29 is 8.42 Å². The minimum Gasteiger partial charge on any atom is -0.357 e. The van der Waals surface area contributed by atoms with Crippen LogP contribution in [0.2, 0.25) is 0 Å². The maximum Gasteiger partial charge on any atom is 0.194 e. The van der Waals surface area contributed by atoms with Gasteiger partial charge in [-0.15, -0.1) is 24.0 Å². The summed E-state index contributed by atoms with van der Waals surface area (Å²) in [5.74, 6) is 1.03. The Morgan fingerprint density at radius 1 is 1.24 bits per heavy atom. The van der Waals surface area contributed by atoms with Crippen molar-refractivity contribution in [1.29, 1.82) is 0 Å². The van der Waals surface area contributed by atoms with E-state index in [4.69, 9.17) is 4.99 Å². The van der Waals surface area contributed by atoms with Crippen molar-refractivity contribution in [3.8, 4) is 0 Å². The molecule has 0 aromatic carbocycles. The average molecular weight is 487 g/mol. The Kier molecular flexibility index (Phi) is 8.42. The molecule has 2 saturated heterocycles. The summed E-state index contributed by atoms with van der Waals surface area (Å²) in [7, 11) is 1.26. The highest BCUT2D eigenvalue weighted by Crippen LogP contribution is 2.23. The summed E-state index contributed by atoms with van der Waals surface area (Å²) in [5.41, 5.74) is 0. The quantitative estimate of drug-likeness (QED) is 0.352. The number of sulfone groups is 1. The number of aliphatic imine (C=N–C) groups is 1. The number of rotatable bonds is 3. The van der Waals surface area contributed by atoms with Crippen LogP contribution in [0.1, 0.15) is 20.8 Å². The van der Waals surface area contributed by atoms with E-state index in [1.807, 2.05) is 20.8 Å². The lowest BCUT2D eigenvalue weighted by molar-refractivity contribution is 0.119. The predicted octanol–water partition coefficient (Wildman–Crippen LogP) is 0.325. The van der Waals surface area contributed by atoms with Crippen LogP contribution in [0.15, 0.2) is 4.99 Å². The maximum absolute atomic E-state index is 12.2. The van der Waals surface area contributed by atoms with Gasteiger partial charge < -0.3 is 15.1 Å². The summed E-state index contributed by atoms with van der Waals surface area (Å²) in [6, 6.07) is 0.402. The molecule has 0 amide bonds. The van der Waals surface area contributed by atoms with Gasteiger partial charge in [0.15, 0.2) is 15.8 Å². The van der Waals surface area contributed by atoms with Crippen LogP contribution in [0.3, 0.4) is 0 Å². The fourth-order valence-electron chi connectivity index (χ4n) is 3.24. The van der Waals surface area contributed by atoms with Crippen molar-refractivity contribution in [1.82, 2.24) is 20.0 Å². The second-order valence-corrected chi connectivity index (χ2v) is 10.3. The first-order valence-electron chi connectivity index (χ1n) is 8.80. The average Bonchev–Trinajstić information content (AvgIpc) is 2.49. The largest absolute Gasteiger partial charge is 0.357 e. The summed E-state index contributed by atoms with van der Waals surface area (Å²) >= 11 is 0. The van der Waals surface area contributed by atoms with E-state index in [9.17, 15) is 8.42 Å². The molecule has 0 bridgehead atoms. The zero-order valence-corrected chi connectivity index (χ0v) is 19.3. The number of nitrogens with zero attached hydrogens (tertiary/aromatic N) is 4. The van der Waals surface area contributed by atoms with Crippen LogP contribution in [0.25, 0.3) is 0 Å². The molecule has 1 N–H and O–H groups in total. The van der Waals surface area contributed by atoms with Gasteiger partial charge in [0.25, 0.3) is 0 Å². The van der Waals surface area contributed by atoms with Crippen molar-refractivity contribution in [3.63, 3.8) is 0 Å². The highest BCUT2D eigenvalue weighted by Gasteiger charge is 2.41. The molecule has 7 nitrogen and oxygen atoms in total. The topological polar surface area (TPSA) is 68.2 Å². The highest BCUT2D eigenvalue weighted by atomic mass is 127. The first-order chi connectivity index (χ1) is 11.2. The first-order valence-corrected chi connectivity index (χ1v) is 10.5. The van der Waals surface area contributed by atoms with E-state index >= 15 is 0 Å². The van der Waals surface area contributed by atoms with Crippen molar-refractivity contribution in [2.24, 2.45) is 4.99 Å². The second-order valence-electron chi connectivity index (χ2n) is 7.59. The lowest BCUT2D eigenvalue weighted by Crippen LogP contribution is -2.57. The van der Waals surface area contributed by atoms with E-state index in [1.54, 1.807) is 0 Å². The van der Waals surface area contributed by atoms with Crippen LogP contribution in [0.4, 0.5) is 0 Å². The van der Waals surface area contributed by atoms with Crippen LogP contribution >= 0.6 is 24.0 Å². The molecule has 2 rings (SSSR count). The number of likely N-dealkylation sites (N-methyl/N-ethyl adjacent to an activating group) is 2. The third kappa shape index (κ3) is 5.67.